The molecule has 1 amide bonds. The molecule has 1 atom stereocenters. The Balaban J connectivity index is 1.68. The topological polar surface area (TPSA) is 84.5 Å². The average Bonchev–Trinajstić information content (AvgIpc) is 2.75. The molecule has 0 aliphatic rings. The summed E-state index contributed by atoms with van der Waals surface area (Å²) in [7, 11) is -3.82. The van der Waals surface area contributed by atoms with E-state index in [-0.39, 0.29) is 10.8 Å². The maximum absolute atomic E-state index is 12.6. The van der Waals surface area contributed by atoms with Crippen molar-refractivity contribution >= 4 is 38.9 Å². The number of aryl methyl sites for hydroxylation is 1. The van der Waals surface area contributed by atoms with Gasteiger partial charge in [0.25, 0.3) is 15.9 Å². The third-order valence-corrected chi connectivity index (χ3v) is 6.29. The Hall–Kier alpha value is -3.03. The fraction of sp³-hybridized carbons (Fsp3) is 0.174. The number of carbonyl (C=O) groups excluding carboxylic acids is 1. The molecule has 0 bridgehead atoms. The predicted octanol–water partition coefficient (Wildman–Crippen LogP) is 5.25. The summed E-state index contributed by atoms with van der Waals surface area (Å²) in [5.74, 6) is 0.340. The lowest BCUT2D eigenvalue weighted by molar-refractivity contribution is -0.122. The second kappa shape index (κ2) is 9.85. The van der Waals surface area contributed by atoms with E-state index in [0.29, 0.717) is 28.6 Å². The van der Waals surface area contributed by atoms with Crippen molar-refractivity contribution in [1.82, 2.24) is 0 Å². The molecule has 2 N–H and O–H groups in total. The van der Waals surface area contributed by atoms with Crippen LogP contribution in [0.1, 0.15) is 18.9 Å². The van der Waals surface area contributed by atoms with Crippen LogP contribution in [0.2, 0.25) is 5.02 Å². The molecule has 0 heterocycles. The number of sulfonamides is 1. The van der Waals surface area contributed by atoms with Gasteiger partial charge in [-0.2, -0.15) is 0 Å². The van der Waals surface area contributed by atoms with E-state index < -0.39 is 16.1 Å². The van der Waals surface area contributed by atoms with Crippen LogP contribution in [0.5, 0.6) is 5.75 Å². The zero-order chi connectivity index (χ0) is 22.4. The van der Waals surface area contributed by atoms with Crippen LogP contribution in [0.3, 0.4) is 0 Å². The number of rotatable bonds is 8. The molecule has 0 radical (unpaired) electrons. The Labute approximate surface area is 187 Å². The van der Waals surface area contributed by atoms with E-state index in [9.17, 15) is 13.2 Å². The normalized spacial score (nSPS) is 12.1. The highest BCUT2D eigenvalue weighted by Crippen LogP contribution is 2.25. The first kappa shape index (κ1) is 22.7. The van der Waals surface area contributed by atoms with Crippen molar-refractivity contribution in [2.75, 3.05) is 10.0 Å². The second-order valence-electron chi connectivity index (χ2n) is 6.88. The first-order valence-electron chi connectivity index (χ1n) is 9.70. The van der Waals surface area contributed by atoms with Crippen molar-refractivity contribution in [3.63, 3.8) is 0 Å². The summed E-state index contributed by atoms with van der Waals surface area (Å²) in [5, 5.41) is 3.07. The Kier molecular flexibility index (Phi) is 7.20. The Morgan fingerprint density at radius 3 is 2.29 bits per heavy atom. The number of carbonyl (C=O) groups is 1. The molecule has 3 aromatic rings. The maximum Gasteiger partial charge on any atom is 0.265 e. The van der Waals surface area contributed by atoms with Gasteiger partial charge in [-0.1, -0.05) is 48.9 Å². The fourth-order valence-corrected chi connectivity index (χ4v) is 4.17. The van der Waals surface area contributed by atoms with E-state index in [4.69, 9.17) is 16.3 Å². The van der Waals surface area contributed by atoms with Crippen LogP contribution in [0.15, 0.2) is 77.7 Å². The van der Waals surface area contributed by atoms with Crippen molar-refractivity contribution in [2.45, 2.75) is 31.3 Å². The molecule has 1 unspecified atom stereocenters. The number of ether oxygens (including phenoxy) is 1. The lowest BCUT2D eigenvalue weighted by Gasteiger charge is -2.18. The summed E-state index contributed by atoms with van der Waals surface area (Å²) in [6.45, 7) is 3.77. The molecule has 0 aromatic heterocycles. The number of nitrogens with one attached hydrogen (secondary N) is 2. The summed E-state index contributed by atoms with van der Waals surface area (Å²) in [6.07, 6.45) is -0.194. The standard InChI is InChI=1S/C23H23ClN2O4S/c1-3-21(30-22-11-7-4-8-16(22)2)23(27)25-17-12-14-18(15-13-17)31(28,29)26-20-10-6-5-9-19(20)24/h4-15,21,26H,3H2,1-2H3,(H,25,27). The number of anilines is 2. The SMILES string of the molecule is CCC(Oc1ccccc1C)C(=O)Nc1ccc(S(=O)(=O)Nc2ccccc2Cl)cc1. The maximum atomic E-state index is 12.6. The number of hydrogen-bond acceptors (Lipinski definition) is 4. The molecule has 6 nitrogen and oxygen atoms in total. The van der Waals surface area contributed by atoms with Gasteiger partial charge in [0.05, 0.1) is 15.6 Å². The summed E-state index contributed by atoms with van der Waals surface area (Å²) in [4.78, 5) is 12.7. The molecule has 0 aliphatic carbocycles. The molecule has 31 heavy (non-hydrogen) atoms. The zero-order valence-corrected chi connectivity index (χ0v) is 18.7. The van der Waals surface area contributed by atoms with Crippen molar-refractivity contribution in [3.8, 4) is 5.75 Å². The number of para-hydroxylation sites is 2. The fourth-order valence-electron chi connectivity index (χ4n) is 2.85. The van der Waals surface area contributed by atoms with E-state index in [1.807, 2.05) is 38.1 Å². The first-order chi connectivity index (χ1) is 14.8. The molecule has 0 saturated heterocycles. The number of amides is 1. The van der Waals surface area contributed by atoms with Gasteiger partial charge in [-0.3, -0.25) is 9.52 Å². The van der Waals surface area contributed by atoms with Gasteiger partial charge in [0.15, 0.2) is 6.10 Å². The highest BCUT2D eigenvalue weighted by Gasteiger charge is 2.20. The van der Waals surface area contributed by atoms with Crippen LogP contribution >= 0.6 is 11.6 Å². The second-order valence-corrected chi connectivity index (χ2v) is 8.97. The zero-order valence-electron chi connectivity index (χ0n) is 17.1. The molecule has 8 heteroatoms. The van der Waals surface area contributed by atoms with Gasteiger partial charge in [-0.25, -0.2) is 8.42 Å². The number of benzene rings is 3. The summed E-state index contributed by atoms with van der Waals surface area (Å²) in [5.41, 5.74) is 1.70. The highest BCUT2D eigenvalue weighted by molar-refractivity contribution is 7.92. The van der Waals surface area contributed by atoms with Gasteiger partial charge >= 0.3 is 0 Å². The van der Waals surface area contributed by atoms with E-state index in [0.717, 1.165) is 5.56 Å². The molecule has 0 saturated carbocycles. The Morgan fingerprint density at radius 2 is 1.65 bits per heavy atom. The molecule has 162 valence electrons. The van der Waals surface area contributed by atoms with Crippen LogP contribution in [-0.4, -0.2) is 20.4 Å². The third kappa shape index (κ3) is 5.77. The minimum Gasteiger partial charge on any atom is -0.480 e. The lowest BCUT2D eigenvalue weighted by Crippen LogP contribution is -2.32. The molecule has 0 aliphatic heterocycles. The van der Waals surface area contributed by atoms with E-state index >= 15 is 0 Å². The Bertz CT molecular complexity index is 1160. The van der Waals surface area contributed by atoms with Gasteiger partial charge in [-0.05, 0) is 61.4 Å². The largest absolute Gasteiger partial charge is 0.480 e. The van der Waals surface area contributed by atoms with Crippen LogP contribution < -0.4 is 14.8 Å². The first-order valence-corrected chi connectivity index (χ1v) is 11.6. The lowest BCUT2D eigenvalue weighted by atomic mass is 10.2. The highest BCUT2D eigenvalue weighted by atomic mass is 35.5. The molecular formula is C23H23ClN2O4S. The average molecular weight is 459 g/mol. The molecule has 0 fully saturated rings. The van der Waals surface area contributed by atoms with E-state index in [2.05, 4.69) is 10.0 Å². The van der Waals surface area contributed by atoms with Crippen molar-refractivity contribution in [1.29, 1.82) is 0 Å². The van der Waals surface area contributed by atoms with Crippen molar-refractivity contribution in [2.24, 2.45) is 0 Å². The van der Waals surface area contributed by atoms with Crippen molar-refractivity contribution < 1.29 is 17.9 Å². The predicted molar refractivity (Wildman–Crippen MR) is 123 cm³/mol. The molecule has 3 aromatic carbocycles. The number of hydrogen-bond donors (Lipinski definition) is 2. The van der Waals surface area contributed by atoms with Gasteiger partial charge in [-0.15, -0.1) is 0 Å². The minimum atomic E-state index is -3.82. The smallest absolute Gasteiger partial charge is 0.265 e. The number of halogens is 1. The van der Waals surface area contributed by atoms with Gasteiger partial charge in [0.2, 0.25) is 0 Å². The Morgan fingerprint density at radius 1 is 1.00 bits per heavy atom. The van der Waals surface area contributed by atoms with Crippen LogP contribution in [0, 0.1) is 6.92 Å². The quantitative estimate of drug-likeness (QED) is 0.483. The minimum absolute atomic E-state index is 0.0496. The van der Waals surface area contributed by atoms with Crippen LogP contribution in [0.4, 0.5) is 11.4 Å². The van der Waals surface area contributed by atoms with Gasteiger partial charge in [0.1, 0.15) is 5.75 Å². The van der Waals surface area contributed by atoms with E-state index in [1.54, 1.807) is 24.3 Å². The molecule has 0 spiro atoms. The third-order valence-electron chi connectivity index (χ3n) is 4.58. The van der Waals surface area contributed by atoms with Gasteiger partial charge in [0, 0.05) is 5.69 Å². The monoisotopic (exact) mass is 458 g/mol. The summed E-state index contributed by atoms with van der Waals surface area (Å²) in [6, 6.07) is 19.9. The van der Waals surface area contributed by atoms with E-state index in [1.165, 1.54) is 24.3 Å². The summed E-state index contributed by atoms with van der Waals surface area (Å²) >= 11 is 6.03. The molecule has 3 rings (SSSR count). The molecular weight excluding hydrogens is 436 g/mol. The van der Waals surface area contributed by atoms with Crippen LogP contribution in [-0.2, 0) is 14.8 Å². The van der Waals surface area contributed by atoms with Crippen LogP contribution in [0.25, 0.3) is 0 Å². The summed E-state index contributed by atoms with van der Waals surface area (Å²) < 4.78 is 33.5. The van der Waals surface area contributed by atoms with Crippen molar-refractivity contribution in [3.05, 3.63) is 83.4 Å². The van der Waals surface area contributed by atoms with Gasteiger partial charge < -0.3 is 10.1 Å².